The molecule has 1 heterocycles. The van der Waals surface area contributed by atoms with Gasteiger partial charge in [-0.15, -0.1) is 0 Å². The van der Waals surface area contributed by atoms with Crippen LogP contribution in [0, 0.1) is 0 Å². The van der Waals surface area contributed by atoms with E-state index in [9.17, 15) is 9.59 Å². The highest BCUT2D eigenvalue weighted by Gasteiger charge is 2.20. The van der Waals surface area contributed by atoms with Crippen LogP contribution in [-0.2, 0) is 17.8 Å². The van der Waals surface area contributed by atoms with Crippen LogP contribution >= 0.6 is 0 Å². The predicted octanol–water partition coefficient (Wildman–Crippen LogP) is 2.91. The molecule has 2 aromatic carbocycles. The van der Waals surface area contributed by atoms with Gasteiger partial charge in [0.15, 0.2) is 0 Å². The van der Waals surface area contributed by atoms with Crippen LogP contribution in [0.25, 0.3) is 10.9 Å². The van der Waals surface area contributed by atoms with E-state index in [1.165, 1.54) is 0 Å². The van der Waals surface area contributed by atoms with Gasteiger partial charge in [0.1, 0.15) is 11.6 Å². The van der Waals surface area contributed by atoms with Crippen molar-refractivity contribution in [3.8, 4) is 5.75 Å². The number of aromatic nitrogens is 2. The number of ether oxygens (including phenoxy) is 1. The molecule has 140 valence electrons. The Bertz CT molecular complexity index is 1010. The number of carbonyl (C=O) groups excluding carboxylic acids is 1. The molecule has 3 rings (SSSR count). The van der Waals surface area contributed by atoms with E-state index < -0.39 is 0 Å². The van der Waals surface area contributed by atoms with Crippen LogP contribution in [0.1, 0.15) is 25.2 Å². The van der Waals surface area contributed by atoms with Crippen LogP contribution in [-0.4, -0.2) is 33.9 Å². The zero-order valence-corrected chi connectivity index (χ0v) is 15.7. The molecule has 0 radical (unpaired) electrons. The number of amides is 1. The van der Waals surface area contributed by atoms with Crippen molar-refractivity contribution in [2.24, 2.45) is 0 Å². The smallest absolute Gasteiger partial charge is 0.258 e. The molecular weight excluding hydrogens is 342 g/mol. The van der Waals surface area contributed by atoms with Crippen molar-refractivity contribution in [1.29, 1.82) is 0 Å². The monoisotopic (exact) mass is 365 g/mol. The summed E-state index contributed by atoms with van der Waals surface area (Å²) in [6.07, 6.45) is 0.222. The van der Waals surface area contributed by atoms with Gasteiger partial charge in [0.2, 0.25) is 5.91 Å². The normalized spacial score (nSPS) is 11.0. The number of methoxy groups -OCH3 is 1. The summed E-state index contributed by atoms with van der Waals surface area (Å²) in [6, 6.07) is 14.6. The van der Waals surface area contributed by atoms with Crippen LogP contribution in [0.4, 0.5) is 0 Å². The van der Waals surface area contributed by atoms with Crippen molar-refractivity contribution in [2.45, 2.75) is 32.9 Å². The van der Waals surface area contributed by atoms with Crippen molar-refractivity contribution >= 4 is 16.8 Å². The average Bonchev–Trinajstić information content (AvgIpc) is 2.66. The van der Waals surface area contributed by atoms with Crippen molar-refractivity contribution in [1.82, 2.24) is 14.9 Å². The van der Waals surface area contributed by atoms with Crippen molar-refractivity contribution < 1.29 is 9.53 Å². The van der Waals surface area contributed by atoms with Gasteiger partial charge in [0, 0.05) is 11.6 Å². The number of benzene rings is 2. The molecule has 0 bridgehead atoms. The highest BCUT2D eigenvalue weighted by molar-refractivity contribution is 5.80. The molecule has 0 saturated heterocycles. The van der Waals surface area contributed by atoms with Gasteiger partial charge in [-0.2, -0.15) is 0 Å². The fourth-order valence-corrected chi connectivity index (χ4v) is 3.04. The summed E-state index contributed by atoms with van der Waals surface area (Å²) in [7, 11) is 1.59. The second kappa shape index (κ2) is 8.03. The Balaban J connectivity index is 1.86. The number of nitrogens with zero attached hydrogens (tertiary/aromatic N) is 2. The summed E-state index contributed by atoms with van der Waals surface area (Å²) >= 11 is 0. The van der Waals surface area contributed by atoms with E-state index >= 15 is 0 Å². The molecule has 1 amide bonds. The lowest BCUT2D eigenvalue weighted by Gasteiger charge is -2.26. The first-order chi connectivity index (χ1) is 13.0. The van der Waals surface area contributed by atoms with Crippen LogP contribution in [0.3, 0.4) is 0 Å². The molecule has 0 aliphatic carbocycles. The third-order valence-corrected chi connectivity index (χ3v) is 4.46. The Hall–Kier alpha value is -3.15. The summed E-state index contributed by atoms with van der Waals surface area (Å²) in [5.74, 6) is 1.11. The molecule has 0 saturated carbocycles. The molecule has 6 heteroatoms. The zero-order valence-electron chi connectivity index (χ0n) is 15.7. The summed E-state index contributed by atoms with van der Waals surface area (Å²) < 4.78 is 5.34. The summed E-state index contributed by atoms with van der Waals surface area (Å²) in [5.41, 5.74) is 1.25. The Morgan fingerprint density at radius 2 is 1.85 bits per heavy atom. The largest absolute Gasteiger partial charge is 0.496 e. The number of para-hydroxylation sites is 2. The molecule has 6 nitrogen and oxygen atoms in total. The SMILES string of the molecule is COc1ccccc1CC(=O)N(Cc1nc2ccccc2c(=O)[nH]1)C(C)C. The van der Waals surface area contributed by atoms with Gasteiger partial charge in [-0.3, -0.25) is 9.59 Å². The van der Waals surface area contributed by atoms with Crippen molar-refractivity contribution in [3.63, 3.8) is 0 Å². The molecule has 27 heavy (non-hydrogen) atoms. The minimum absolute atomic E-state index is 0.0380. The summed E-state index contributed by atoms with van der Waals surface area (Å²) in [6.45, 7) is 4.13. The van der Waals surface area contributed by atoms with Gasteiger partial charge >= 0.3 is 0 Å². The lowest BCUT2D eigenvalue weighted by atomic mass is 10.1. The Labute approximate surface area is 157 Å². The van der Waals surface area contributed by atoms with Gasteiger partial charge < -0.3 is 14.6 Å². The third kappa shape index (κ3) is 4.16. The topological polar surface area (TPSA) is 75.3 Å². The van der Waals surface area contributed by atoms with E-state index in [4.69, 9.17) is 4.74 Å². The minimum Gasteiger partial charge on any atom is -0.496 e. The second-order valence-electron chi connectivity index (χ2n) is 6.63. The molecule has 0 fully saturated rings. The van der Waals surface area contributed by atoms with Crippen molar-refractivity contribution in [3.05, 3.63) is 70.3 Å². The summed E-state index contributed by atoms with van der Waals surface area (Å²) in [4.78, 5) is 34.2. The van der Waals surface area contributed by atoms with E-state index in [1.54, 1.807) is 30.2 Å². The van der Waals surface area contributed by atoms with E-state index in [0.29, 0.717) is 22.5 Å². The predicted molar refractivity (Wildman–Crippen MR) is 105 cm³/mol. The van der Waals surface area contributed by atoms with Gasteiger partial charge in [0.05, 0.1) is 31.0 Å². The molecule has 0 aliphatic heterocycles. The van der Waals surface area contributed by atoms with E-state index in [0.717, 1.165) is 5.56 Å². The van der Waals surface area contributed by atoms with Gasteiger partial charge in [0.25, 0.3) is 5.56 Å². The fraction of sp³-hybridized carbons (Fsp3) is 0.286. The average molecular weight is 365 g/mol. The van der Waals surface area contributed by atoms with E-state index in [2.05, 4.69) is 9.97 Å². The maximum atomic E-state index is 12.9. The molecule has 0 aliphatic rings. The summed E-state index contributed by atoms with van der Waals surface area (Å²) in [5, 5.41) is 0.540. The minimum atomic E-state index is -0.198. The molecule has 1 aromatic heterocycles. The van der Waals surface area contributed by atoms with E-state index in [1.807, 2.05) is 44.2 Å². The lowest BCUT2D eigenvalue weighted by molar-refractivity contribution is -0.133. The number of carbonyl (C=O) groups is 1. The first-order valence-corrected chi connectivity index (χ1v) is 8.89. The first-order valence-electron chi connectivity index (χ1n) is 8.89. The lowest BCUT2D eigenvalue weighted by Crippen LogP contribution is -2.38. The molecule has 0 spiro atoms. The number of nitrogens with one attached hydrogen (secondary N) is 1. The van der Waals surface area contributed by atoms with Gasteiger partial charge in [-0.05, 0) is 32.0 Å². The standard InChI is InChI=1S/C21H23N3O3/c1-14(2)24(20(25)12-15-8-4-7-11-18(15)27-3)13-19-22-17-10-6-5-9-16(17)21(26)23-19/h4-11,14H,12-13H2,1-3H3,(H,22,23,26). The Morgan fingerprint density at radius 3 is 2.59 bits per heavy atom. The van der Waals surface area contributed by atoms with Crippen LogP contribution in [0.5, 0.6) is 5.75 Å². The Morgan fingerprint density at radius 1 is 1.15 bits per heavy atom. The molecule has 0 unspecified atom stereocenters. The number of rotatable bonds is 6. The van der Waals surface area contributed by atoms with E-state index in [-0.39, 0.29) is 30.5 Å². The molecule has 1 N–H and O–H groups in total. The second-order valence-corrected chi connectivity index (χ2v) is 6.63. The first kappa shape index (κ1) is 18.6. The highest BCUT2D eigenvalue weighted by atomic mass is 16.5. The molecule has 3 aromatic rings. The van der Waals surface area contributed by atoms with Gasteiger partial charge in [-0.25, -0.2) is 4.98 Å². The zero-order chi connectivity index (χ0) is 19.4. The number of aromatic amines is 1. The number of hydrogen-bond acceptors (Lipinski definition) is 4. The maximum absolute atomic E-state index is 12.9. The van der Waals surface area contributed by atoms with Crippen LogP contribution < -0.4 is 10.3 Å². The highest BCUT2D eigenvalue weighted by Crippen LogP contribution is 2.19. The quantitative estimate of drug-likeness (QED) is 0.729. The third-order valence-electron chi connectivity index (χ3n) is 4.46. The van der Waals surface area contributed by atoms with Gasteiger partial charge in [-0.1, -0.05) is 30.3 Å². The maximum Gasteiger partial charge on any atom is 0.258 e. The fourth-order valence-electron chi connectivity index (χ4n) is 3.04. The molecular formula is C21H23N3O3. The number of hydrogen-bond donors (Lipinski definition) is 1. The van der Waals surface area contributed by atoms with Crippen LogP contribution in [0.15, 0.2) is 53.3 Å². The Kier molecular flexibility index (Phi) is 5.54. The number of H-pyrrole nitrogens is 1. The number of fused-ring (bicyclic) bond motifs is 1. The van der Waals surface area contributed by atoms with Crippen molar-refractivity contribution in [2.75, 3.05) is 7.11 Å². The molecule has 0 atom stereocenters. The van der Waals surface area contributed by atoms with Crippen LogP contribution in [0.2, 0.25) is 0 Å².